The van der Waals surface area contributed by atoms with E-state index in [1.807, 2.05) is 0 Å². The van der Waals surface area contributed by atoms with Crippen molar-refractivity contribution < 1.29 is 19.3 Å². The predicted octanol–water partition coefficient (Wildman–Crippen LogP) is 9.04. The summed E-state index contributed by atoms with van der Waals surface area (Å²) in [7, 11) is 0. The molecule has 4 saturated heterocycles. The number of ether oxygens (including phenoxy) is 1. The fraction of sp³-hybridized carbons (Fsp3) is 0.800. The van der Waals surface area contributed by atoms with Crippen LogP contribution >= 0.6 is 0 Å². The second-order valence-corrected chi connectivity index (χ2v) is 17.6. The number of aliphatic hydroxyl groups is 2. The van der Waals surface area contributed by atoms with Crippen LogP contribution in [0.5, 0.6) is 0 Å². The highest BCUT2D eigenvalue weighted by molar-refractivity contribution is 5.49. The number of fused-ring (bicyclic) bond motifs is 3. The van der Waals surface area contributed by atoms with Crippen LogP contribution in [0.1, 0.15) is 127 Å². The lowest BCUT2D eigenvalue weighted by atomic mass is 9.61. The van der Waals surface area contributed by atoms with Crippen molar-refractivity contribution in [1.82, 2.24) is 0 Å². The highest BCUT2D eigenvalue weighted by Crippen LogP contribution is 2.86. The Kier molecular flexibility index (Phi) is 9.15. The van der Waals surface area contributed by atoms with Gasteiger partial charge in [0.2, 0.25) is 0 Å². The van der Waals surface area contributed by atoms with Crippen molar-refractivity contribution in [2.75, 3.05) is 0 Å². The zero-order valence-electron chi connectivity index (χ0n) is 29.7. The summed E-state index contributed by atoms with van der Waals surface area (Å²) in [5.41, 5.74) is 0.132. The third-order valence-electron chi connectivity index (χ3n) is 12.8. The lowest BCUT2D eigenvalue weighted by Gasteiger charge is -2.41. The van der Waals surface area contributed by atoms with Crippen molar-refractivity contribution in [2.24, 2.45) is 34.5 Å². The van der Waals surface area contributed by atoms with E-state index in [1.54, 1.807) is 0 Å². The molecule has 0 aromatic rings. The first-order chi connectivity index (χ1) is 20.5. The average molecular weight is 610 g/mol. The molecule has 0 bridgehead atoms. The van der Waals surface area contributed by atoms with Crippen LogP contribution in [0.3, 0.4) is 0 Å². The molecule has 4 nitrogen and oxygen atoms in total. The summed E-state index contributed by atoms with van der Waals surface area (Å²) in [6.07, 6.45) is 28.2. The van der Waals surface area contributed by atoms with Gasteiger partial charge in [0, 0.05) is 19.4 Å². The number of allylic oxidation sites excluding steroid dienone is 7. The first-order valence-corrected chi connectivity index (χ1v) is 17.9. The minimum Gasteiger partial charge on any atom is -0.393 e. The SMILES string of the molecule is C[C@H](C/C=C/[C@@H](C)C/C=C/C[C@H](C)/C=C/C[C@@H](C)/C=C/[C@]12[O+]3[C@H]([C@@H](O)CC1(C)C)[C@@]32C)CC[C@@]12O[C@]1(C)C[C@@H](O)CC2(C)C. The monoisotopic (exact) mass is 609 g/mol. The van der Waals surface area contributed by atoms with Gasteiger partial charge in [0.15, 0.2) is 0 Å². The molecule has 4 heterocycles. The molecule has 5 rings (SSSR count). The van der Waals surface area contributed by atoms with Crippen molar-refractivity contribution in [3.8, 4) is 0 Å². The summed E-state index contributed by atoms with van der Waals surface area (Å²) < 4.78 is 9.84. The van der Waals surface area contributed by atoms with Crippen LogP contribution in [0, 0.1) is 34.5 Å². The van der Waals surface area contributed by atoms with Gasteiger partial charge >= 0.3 is 5.60 Å². The van der Waals surface area contributed by atoms with E-state index < -0.39 is 0 Å². The molecular weight excluding hydrogens is 544 g/mol. The van der Waals surface area contributed by atoms with E-state index in [0.717, 1.165) is 51.4 Å². The summed E-state index contributed by atoms with van der Waals surface area (Å²) >= 11 is 0. The highest BCUT2D eigenvalue weighted by atomic mass is 16.9. The molecule has 0 aromatic heterocycles. The zero-order chi connectivity index (χ0) is 32.3. The molecule has 44 heavy (non-hydrogen) atoms. The summed E-state index contributed by atoms with van der Waals surface area (Å²) in [6, 6.07) is 0. The number of rotatable bonds is 15. The fourth-order valence-electron chi connectivity index (χ4n) is 10.1. The molecular formula is C40H65O4+. The standard InChI is InChI=1S/C40H65O4/c1-28(17-13-19-30(3)21-23-39-35(5,6)25-32(41)26-37(39,9)43-39)15-11-12-16-29(2)18-14-20-31(4)22-24-40-36(7,8)27-33(42)34-38(40,10)44(34)40/h11-14,17-18,22,24,28-34,41-42H,15-16,19-21,23,25-27H2,1-10H3/q+1/b12-11+,17-13+,18-14+,24-22+/t28-,29-,30+,31+,32-,33-,34+,37+,38+,39-,40-/m0/s1. The predicted molar refractivity (Wildman–Crippen MR) is 183 cm³/mol. The number of aliphatic hydroxyl groups excluding tert-OH is 2. The normalized spacial score (nSPS) is 42.9. The largest absolute Gasteiger partial charge is 0.393 e. The maximum absolute atomic E-state index is 10.4. The van der Waals surface area contributed by atoms with Gasteiger partial charge in [0.25, 0.3) is 11.7 Å². The van der Waals surface area contributed by atoms with Gasteiger partial charge in [0.1, 0.15) is 11.7 Å². The van der Waals surface area contributed by atoms with Crippen molar-refractivity contribution in [3.63, 3.8) is 0 Å². The molecule has 248 valence electrons. The third-order valence-corrected chi connectivity index (χ3v) is 12.8. The second kappa shape index (κ2) is 11.8. The quantitative estimate of drug-likeness (QED) is 0.111. The molecule has 5 aliphatic rings. The van der Waals surface area contributed by atoms with Crippen molar-refractivity contribution in [3.05, 3.63) is 48.6 Å². The Labute approximate surface area is 269 Å². The van der Waals surface area contributed by atoms with E-state index >= 15 is 0 Å². The van der Waals surface area contributed by atoms with Gasteiger partial charge in [0.05, 0.1) is 17.1 Å². The van der Waals surface area contributed by atoms with E-state index in [4.69, 9.17) is 4.74 Å². The Morgan fingerprint density at radius 2 is 1.27 bits per heavy atom. The lowest BCUT2D eigenvalue weighted by Crippen LogP contribution is -2.57. The van der Waals surface area contributed by atoms with Gasteiger partial charge < -0.3 is 19.3 Å². The first-order valence-electron chi connectivity index (χ1n) is 17.9. The van der Waals surface area contributed by atoms with E-state index in [2.05, 4.69) is 122 Å². The van der Waals surface area contributed by atoms with Crippen LogP contribution in [0.2, 0.25) is 0 Å². The molecule has 0 amide bonds. The molecule has 11 atom stereocenters. The Morgan fingerprint density at radius 3 is 1.84 bits per heavy atom. The van der Waals surface area contributed by atoms with Crippen LogP contribution < -0.4 is 0 Å². The summed E-state index contributed by atoms with van der Waals surface area (Å²) in [5, 5.41) is 20.7. The molecule has 1 aliphatic carbocycles. The summed E-state index contributed by atoms with van der Waals surface area (Å²) in [6.45, 7) is 23.0. The van der Waals surface area contributed by atoms with Crippen LogP contribution in [0.4, 0.5) is 0 Å². The second-order valence-electron chi connectivity index (χ2n) is 17.6. The maximum Gasteiger partial charge on any atom is 0.317 e. The van der Waals surface area contributed by atoms with Gasteiger partial charge in [-0.1, -0.05) is 97.9 Å². The minimum atomic E-state index is -0.229. The molecule has 0 aromatic carbocycles. The van der Waals surface area contributed by atoms with Gasteiger partial charge in [-0.2, -0.15) is 0 Å². The summed E-state index contributed by atoms with van der Waals surface area (Å²) in [4.78, 5) is 0. The molecule has 4 aliphatic heterocycles. The van der Waals surface area contributed by atoms with Crippen LogP contribution in [-0.4, -0.2) is 50.9 Å². The topological polar surface area (TPSA) is 55.7 Å². The maximum atomic E-state index is 10.4. The molecule has 0 unspecified atom stereocenters. The molecule has 1 saturated carbocycles. The third kappa shape index (κ3) is 5.67. The van der Waals surface area contributed by atoms with Gasteiger partial charge in [-0.3, -0.25) is 0 Å². The van der Waals surface area contributed by atoms with E-state index in [-0.39, 0.29) is 45.4 Å². The Bertz CT molecular complexity index is 1160. The zero-order valence-corrected chi connectivity index (χ0v) is 29.7. The molecule has 0 spiro atoms. The average Bonchev–Trinajstić information content (AvgIpc) is 3.82. The van der Waals surface area contributed by atoms with Crippen LogP contribution in [0.25, 0.3) is 0 Å². The highest BCUT2D eigenvalue weighted by Gasteiger charge is 3.10. The molecule has 4 heteroatoms. The van der Waals surface area contributed by atoms with Crippen LogP contribution in [0.15, 0.2) is 48.6 Å². The van der Waals surface area contributed by atoms with Crippen molar-refractivity contribution in [1.29, 1.82) is 0 Å². The smallest absolute Gasteiger partial charge is 0.317 e. The van der Waals surface area contributed by atoms with E-state index in [9.17, 15) is 10.2 Å². The van der Waals surface area contributed by atoms with E-state index in [0.29, 0.717) is 29.8 Å². The molecule has 0 radical (unpaired) electrons. The number of hydrogen-bond donors (Lipinski definition) is 2. The Morgan fingerprint density at radius 1 is 0.727 bits per heavy atom. The summed E-state index contributed by atoms with van der Waals surface area (Å²) in [5.74, 6) is 2.27. The van der Waals surface area contributed by atoms with Crippen molar-refractivity contribution in [2.45, 2.75) is 168 Å². The van der Waals surface area contributed by atoms with Gasteiger partial charge in [-0.15, -0.1) is 0 Å². The number of hydrogen-bond acceptors (Lipinski definition) is 3. The fourth-order valence-corrected chi connectivity index (χ4v) is 10.1. The van der Waals surface area contributed by atoms with Gasteiger partial charge in [-0.25, -0.2) is 0 Å². The van der Waals surface area contributed by atoms with Gasteiger partial charge in [-0.05, 0) is 87.4 Å². The molecule has 2 N–H and O–H groups in total. The Balaban J connectivity index is 0.952. The minimum absolute atomic E-state index is 0.0364. The van der Waals surface area contributed by atoms with Crippen LogP contribution in [-0.2, 0) is 9.10 Å². The molecule has 5 fully saturated rings. The van der Waals surface area contributed by atoms with Crippen molar-refractivity contribution >= 4 is 0 Å². The first kappa shape index (κ1) is 34.1. The Hall–Kier alpha value is -1.20. The lowest BCUT2D eigenvalue weighted by molar-refractivity contribution is -0.112. The number of epoxide rings is 3. The van der Waals surface area contributed by atoms with E-state index in [1.165, 1.54) is 6.42 Å².